The molecule has 1 heterocycles. The van der Waals surface area contributed by atoms with E-state index < -0.39 is 5.97 Å². The lowest BCUT2D eigenvalue weighted by molar-refractivity contribution is -0.148. The third kappa shape index (κ3) is 5.60. The zero-order valence-corrected chi connectivity index (χ0v) is 14.9. The first-order valence-corrected chi connectivity index (χ1v) is 8.87. The van der Waals surface area contributed by atoms with Crippen LogP contribution >= 0.6 is 0 Å². The van der Waals surface area contributed by atoms with E-state index in [1.54, 1.807) is 0 Å². The topological polar surface area (TPSA) is 80.4 Å². The predicted octanol–water partition coefficient (Wildman–Crippen LogP) is 2.84. The van der Waals surface area contributed by atoms with Crippen molar-refractivity contribution in [1.29, 1.82) is 0 Å². The van der Waals surface area contributed by atoms with Crippen molar-refractivity contribution in [2.24, 2.45) is 0 Å². The number of ether oxygens (including phenoxy) is 2. The van der Waals surface area contributed by atoms with Gasteiger partial charge in [-0.25, -0.2) is 0 Å². The van der Waals surface area contributed by atoms with Gasteiger partial charge < -0.3 is 19.8 Å². The molecule has 0 spiro atoms. The number of aryl methyl sites for hydroxylation is 1. The Morgan fingerprint density at radius 1 is 1.00 bits per heavy atom. The van der Waals surface area contributed by atoms with Crippen LogP contribution in [-0.2, 0) is 20.7 Å². The average molecular weight is 366 g/mol. The minimum absolute atomic E-state index is 0.228. The number of hydrogen-bond acceptors (Lipinski definition) is 4. The maximum atomic E-state index is 11.9. The van der Waals surface area contributed by atoms with Crippen molar-refractivity contribution >= 4 is 22.8 Å². The first-order chi connectivity index (χ1) is 13.2. The summed E-state index contributed by atoms with van der Waals surface area (Å²) in [5.41, 5.74) is 2.10. The van der Waals surface area contributed by atoms with E-state index in [0.29, 0.717) is 19.6 Å². The fourth-order valence-corrected chi connectivity index (χ4v) is 2.72. The number of carbonyl (C=O) groups is 2. The van der Waals surface area contributed by atoms with Crippen LogP contribution in [0.4, 0.5) is 0 Å². The van der Waals surface area contributed by atoms with Gasteiger partial charge in [-0.2, -0.15) is 0 Å². The van der Waals surface area contributed by atoms with Gasteiger partial charge in [0.1, 0.15) is 12.4 Å². The standard InChI is InChI=1S/C21H22N2O4/c24-20(22-12-13-26-17-6-2-1-3-7-17)15-27-21(25)11-10-16-14-23-19-9-5-4-8-18(16)19/h1-9,14,23H,10-13,15H2,(H,22,24). The van der Waals surface area contributed by atoms with Crippen molar-refractivity contribution in [2.75, 3.05) is 19.8 Å². The second kappa shape index (κ2) is 9.43. The van der Waals surface area contributed by atoms with E-state index in [4.69, 9.17) is 9.47 Å². The monoisotopic (exact) mass is 366 g/mol. The molecular formula is C21H22N2O4. The molecule has 1 aromatic heterocycles. The van der Waals surface area contributed by atoms with E-state index >= 15 is 0 Å². The molecule has 0 aliphatic heterocycles. The highest BCUT2D eigenvalue weighted by molar-refractivity contribution is 5.84. The zero-order valence-electron chi connectivity index (χ0n) is 14.9. The Bertz CT molecular complexity index is 889. The summed E-state index contributed by atoms with van der Waals surface area (Å²) in [4.78, 5) is 26.7. The molecule has 0 radical (unpaired) electrons. The van der Waals surface area contributed by atoms with Crippen molar-refractivity contribution < 1.29 is 19.1 Å². The summed E-state index contributed by atoms with van der Waals surface area (Å²) in [5, 5.41) is 3.75. The predicted molar refractivity (Wildman–Crippen MR) is 103 cm³/mol. The molecule has 27 heavy (non-hydrogen) atoms. The van der Waals surface area contributed by atoms with Crippen LogP contribution in [0.25, 0.3) is 10.9 Å². The molecule has 0 saturated carbocycles. The number of benzene rings is 2. The van der Waals surface area contributed by atoms with Crippen LogP contribution in [-0.4, -0.2) is 36.6 Å². The lowest BCUT2D eigenvalue weighted by Gasteiger charge is -2.08. The van der Waals surface area contributed by atoms with Gasteiger partial charge in [-0.05, 0) is 30.2 Å². The van der Waals surface area contributed by atoms with Gasteiger partial charge in [0, 0.05) is 23.5 Å². The molecular weight excluding hydrogens is 344 g/mol. The van der Waals surface area contributed by atoms with Gasteiger partial charge >= 0.3 is 5.97 Å². The molecule has 1 amide bonds. The molecule has 6 heteroatoms. The maximum Gasteiger partial charge on any atom is 0.306 e. The van der Waals surface area contributed by atoms with E-state index in [9.17, 15) is 9.59 Å². The van der Waals surface area contributed by atoms with Gasteiger partial charge in [-0.15, -0.1) is 0 Å². The van der Waals surface area contributed by atoms with Crippen LogP contribution < -0.4 is 10.1 Å². The molecule has 0 bridgehead atoms. The molecule has 0 atom stereocenters. The number of nitrogens with one attached hydrogen (secondary N) is 2. The van der Waals surface area contributed by atoms with Crippen LogP contribution in [0.1, 0.15) is 12.0 Å². The van der Waals surface area contributed by atoms with Crippen molar-refractivity contribution in [3.8, 4) is 5.75 Å². The molecule has 2 aromatic carbocycles. The highest BCUT2D eigenvalue weighted by Gasteiger charge is 2.10. The Morgan fingerprint density at radius 2 is 1.78 bits per heavy atom. The number of fused-ring (bicyclic) bond motifs is 1. The molecule has 140 valence electrons. The second-order valence-corrected chi connectivity index (χ2v) is 6.03. The fourth-order valence-electron chi connectivity index (χ4n) is 2.72. The lowest BCUT2D eigenvalue weighted by atomic mass is 10.1. The van der Waals surface area contributed by atoms with Gasteiger partial charge in [-0.3, -0.25) is 9.59 Å². The highest BCUT2D eigenvalue weighted by atomic mass is 16.5. The summed E-state index contributed by atoms with van der Waals surface area (Å²) in [6.07, 6.45) is 2.69. The van der Waals surface area contributed by atoms with E-state index in [-0.39, 0.29) is 18.9 Å². The largest absolute Gasteiger partial charge is 0.492 e. The number of amides is 1. The molecule has 0 aliphatic carbocycles. The summed E-state index contributed by atoms with van der Waals surface area (Å²) < 4.78 is 10.5. The van der Waals surface area contributed by atoms with Gasteiger partial charge in [0.25, 0.3) is 5.91 Å². The third-order valence-electron chi connectivity index (χ3n) is 4.07. The summed E-state index contributed by atoms with van der Waals surface area (Å²) in [5.74, 6) is 0.0125. The first-order valence-electron chi connectivity index (χ1n) is 8.87. The number of carbonyl (C=O) groups excluding carboxylic acids is 2. The highest BCUT2D eigenvalue weighted by Crippen LogP contribution is 2.19. The number of para-hydroxylation sites is 2. The smallest absolute Gasteiger partial charge is 0.306 e. The van der Waals surface area contributed by atoms with Crippen LogP contribution in [0.15, 0.2) is 60.8 Å². The molecule has 0 saturated heterocycles. The van der Waals surface area contributed by atoms with Crippen molar-refractivity contribution in [2.45, 2.75) is 12.8 Å². The van der Waals surface area contributed by atoms with Gasteiger partial charge in [0.2, 0.25) is 0 Å². The maximum absolute atomic E-state index is 11.9. The van der Waals surface area contributed by atoms with Crippen LogP contribution in [0.3, 0.4) is 0 Å². The van der Waals surface area contributed by atoms with Gasteiger partial charge in [0.15, 0.2) is 6.61 Å². The van der Waals surface area contributed by atoms with Crippen LogP contribution in [0.5, 0.6) is 5.75 Å². The van der Waals surface area contributed by atoms with Crippen LogP contribution in [0.2, 0.25) is 0 Å². The molecule has 2 N–H and O–H groups in total. The number of rotatable bonds is 9. The minimum Gasteiger partial charge on any atom is -0.492 e. The Morgan fingerprint density at radius 3 is 2.63 bits per heavy atom. The molecule has 6 nitrogen and oxygen atoms in total. The van der Waals surface area contributed by atoms with Crippen LogP contribution in [0, 0.1) is 0 Å². The Hall–Kier alpha value is -3.28. The van der Waals surface area contributed by atoms with E-state index in [1.165, 1.54) is 0 Å². The number of aromatic amines is 1. The first kappa shape index (κ1) is 18.5. The van der Waals surface area contributed by atoms with Gasteiger partial charge in [0.05, 0.1) is 6.54 Å². The summed E-state index contributed by atoms with van der Waals surface area (Å²) in [6.45, 7) is 0.420. The quantitative estimate of drug-likeness (QED) is 0.451. The fraction of sp³-hybridized carbons (Fsp3) is 0.238. The molecule has 0 aliphatic rings. The average Bonchev–Trinajstić information content (AvgIpc) is 3.12. The summed E-state index contributed by atoms with van der Waals surface area (Å²) >= 11 is 0. The molecule has 0 fully saturated rings. The lowest BCUT2D eigenvalue weighted by Crippen LogP contribution is -2.32. The summed E-state index contributed by atoms with van der Waals surface area (Å²) in [6, 6.07) is 17.3. The minimum atomic E-state index is -0.393. The number of hydrogen-bond donors (Lipinski definition) is 2. The Balaban J connectivity index is 1.31. The SMILES string of the molecule is O=C(COC(=O)CCc1c[nH]c2ccccc12)NCCOc1ccccc1. The number of H-pyrrole nitrogens is 1. The molecule has 0 unspecified atom stereocenters. The van der Waals surface area contributed by atoms with E-state index in [1.807, 2.05) is 60.8 Å². The second-order valence-electron chi connectivity index (χ2n) is 6.03. The summed E-state index contributed by atoms with van der Waals surface area (Å²) in [7, 11) is 0. The Kier molecular flexibility index (Phi) is 6.46. The van der Waals surface area contributed by atoms with Crippen molar-refractivity contribution in [3.05, 3.63) is 66.4 Å². The third-order valence-corrected chi connectivity index (χ3v) is 4.07. The van der Waals surface area contributed by atoms with Crippen molar-refractivity contribution in [1.82, 2.24) is 10.3 Å². The van der Waals surface area contributed by atoms with Gasteiger partial charge in [-0.1, -0.05) is 36.4 Å². The number of aromatic nitrogens is 1. The molecule has 3 aromatic rings. The number of esters is 1. The molecule has 3 rings (SSSR count). The van der Waals surface area contributed by atoms with E-state index in [2.05, 4.69) is 10.3 Å². The zero-order chi connectivity index (χ0) is 18.9. The Labute approximate surface area is 157 Å². The van der Waals surface area contributed by atoms with Crippen molar-refractivity contribution in [3.63, 3.8) is 0 Å². The normalized spacial score (nSPS) is 10.5. The van der Waals surface area contributed by atoms with E-state index in [0.717, 1.165) is 22.2 Å².